The minimum absolute atomic E-state index is 0.221. The normalized spacial score (nSPS) is 11.6. The largest absolute Gasteiger partial charge is 0.372 e. The van der Waals surface area contributed by atoms with E-state index < -0.39 is 11.9 Å². The first-order chi connectivity index (χ1) is 14.9. The Hall–Kier alpha value is -3.99. The van der Waals surface area contributed by atoms with E-state index in [1.54, 1.807) is 18.5 Å². The maximum atomic E-state index is 11.8. The predicted molar refractivity (Wildman–Crippen MR) is 120 cm³/mol. The first kappa shape index (κ1) is 21.7. The number of primary amides is 1. The molecular weight excluding hydrogens is 390 g/mol. The molecule has 0 saturated heterocycles. The van der Waals surface area contributed by atoms with Crippen LogP contribution in [0, 0.1) is 24.2 Å². The number of carbonyl (C=O) groups is 1. The third-order valence-electron chi connectivity index (χ3n) is 4.59. The molecule has 0 saturated carbocycles. The highest BCUT2D eigenvalue weighted by Crippen LogP contribution is 2.26. The highest BCUT2D eigenvalue weighted by molar-refractivity contribution is 5.83. The average Bonchev–Trinajstić information content (AvgIpc) is 2.73. The molecule has 3 aromatic rings. The highest BCUT2D eigenvalue weighted by Gasteiger charge is 2.18. The number of hydrogen-bond acceptors (Lipinski definition) is 7. The summed E-state index contributed by atoms with van der Waals surface area (Å²) in [6.45, 7) is 6.01. The molecule has 8 heteroatoms. The molecule has 1 amide bonds. The summed E-state index contributed by atoms with van der Waals surface area (Å²) >= 11 is 0. The van der Waals surface area contributed by atoms with Crippen LogP contribution >= 0.6 is 0 Å². The van der Waals surface area contributed by atoms with Crippen LogP contribution in [0.4, 0.5) is 17.2 Å². The number of hydrogen-bond donors (Lipinski definition) is 3. The van der Waals surface area contributed by atoms with Crippen LogP contribution in [-0.2, 0) is 4.79 Å². The fraction of sp³-hybridized carbons (Fsp3) is 0.261. The molecule has 3 rings (SSSR count). The van der Waals surface area contributed by atoms with E-state index in [9.17, 15) is 10.1 Å². The van der Waals surface area contributed by atoms with Gasteiger partial charge in [-0.15, -0.1) is 0 Å². The van der Waals surface area contributed by atoms with Gasteiger partial charge in [-0.25, -0.2) is 9.97 Å². The van der Waals surface area contributed by atoms with Gasteiger partial charge in [-0.2, -0.15) is 5.26 Å². The Labute approximate surface area is 181 Å². The molecule has 8 nitrogen and oxygen atoms in total. The van der Waals surface area contributed by atoms with Crippen LogP contribution in [0.5, 0.6) is 0 Å². The summed E-state index contributed by atoms with van der Waals surface area (Å²) in [6.07, 6.45) is 5.54. The molecule has 1 unspecified atom stereocenters. The Morgan fingerprint density at radius 3 is 2.61 bits per heavy atom. The quantitative estimate of drug-likeness (QED) is 0.510. The van der Waals surface area contributed by atoms with Gasteiger partial charge < -0.3 is 16.4 Å². The van der Waals surface area contributed by atoms with Crippen molar-refractivity contribution in [1.29, 1.82) is 5.26 Å². The van der Waals surface area contributed by atoms with E-state index in [1.807, 2.05) is 45.0 Å². The van der Waals surface area contributed by atoms with Gasteiger partial charge >= 0.3 is 0 Å². The molecule has 158 valence electrons. The summed E-state index contributed by atoms with van der Waals surface area (Å²) in [4.78, 5) is 24.7. The number of aromatic nitrogens is 3. The number of aryl methyl sites for hydroxylation is 1. The molecule has 0 aromatic carbocycles. The lowest BCUT2D eigenvalue weighted by atomic mass is 10.0. The number of carbonyl (C=O) groups excluding carboxylic acids is 1. The summed E-state index contributed by atoms with van der Waals surface area (Å²) in [7, 11) is 0. The first-order valence-corrected chi connectivity index (χ1v) is 9.98. The second-order valence-electron chi connectivity index (χ2n) is 7.74. The molecule has 1 atom stereocenters. The lowest BCUT2D eigenvalue weighted by Gasteiger charge is -2.19. The SMILES string of the molecule is Cc1cc(Nc2cc(NC(CC(C)C)C(N)=O)cnc2C#N)nc(-c2ccncc2)c1. The number of amides is 1. The lowest BCUT2D eigenvalue weighted by Crippen LogP contribution is -2.36. The molecule has 0 spiro atoms. The van der Waals surface area contributed by atoms with Crippen molar-refractivity contribution in [3.05, 3.63) is 60.2 Å². The molecule has 0 radical (unpaired) electrons. The van der Waals surface area contributed by atoms with Gasteiger partial charge in [0.2, 0.25) is 5.91 Å². The molecule has 0 aliphatic carbocycles. The Morgan fingerprint density at radius 1 is 1.23 bits per heavy atom. The van der Waals surface area contributed by atoms with Gasteiger partial charge in [-0.05, 0) is 55.2 Å². The van der Waals surface area contributed by atoms with Crippen LogP contribution < -0.4 is 16.4 Å². The van der Waals surface area contributed by atoms with Crippen molar-refractivity contribution in [1.82, 2.24) is 15.0 Å². The molecule has 0 bridgehead atoms. The number of nitrogens with one attached hydrogen (secondary N) is 2. The zero-order valence-corrected chi connectivity index (χ0v) is 17.8. The van der Waals surface area contributed by atoms with Crippen molar-refractivity contribution in [3.63, 3.8) is 0 Å². The zero-order chi connectivity index (χ0) is 22.4. The van der Waals surface area contributed by atoms with Gasteiger partial charge in [0, 0.05) is 18.0 Å². The molecule has 0 fully saturated rings. The number of nitrogens with two attached hydrogens (primary N) is 1. The smallest absolute Gasteiger partial charge is 0.239 e. The number of nitriles is 1. The molecule has 0 aliphatic rings. The van der Waals surface area contributed by atoms with Crippen LogP contribution in [-0.4, -0.2) is 26.9 Å². The minimum atomic E-state index is -0.530. The summed E-state index contributed by atoms with van der Waals surface area (Å²) in [5.41, 5.74) is 9.57. The van der Waals surface area contributed by atoms with E-state index in [2.05, 4.69) is 31.7 Å². The standard InChI is InChI=1S/C23H25N7O/c1-14(2)8-20(23(25)31)28-17-11-19(21(12-24)27-13-17)30-22-10-15(3)9-18(29-22)16-4-6-26-7-5-16/h4-7,9-11,13-14,20,28H,8H2,1-3H3,(H2,25,31)(H,29,30). The summed E-state index contributed by atoms with van der Waals surface area (Å²) in [6, 6.07) is 10.9. The summed E-state index contributed by atoms with van der Waals surface area (Å²) in [5.74, 6) is 0.433. The van der Waals surface area contributed by atoms with Gasteiger partial charge in [-0.1, -0.05) is 13.8 Å². The fourth-order valence-corrected chi connectivity index (χ4v) is 3.19. The van der Waals surface area contributed by atoms with Crippen LogP contribution in [0.3, 0.4) is 0 Å². The van der Waals surface area contributed by atoms with Crippen molar-refractivity contribution in [2.45, 2.75) is 33.2 Å². The predicted octanol–water partition coefficient (Wildman–Crippen LogP) is 3.77. The van der Waals surface area contributed by atoms with Crippen LogP contribution in [0.2, 0.25) is 0 Å². The topological polar surface area (TPSA) is 130 Å². The third-order valence-corrected chi connectivity index (χ3v) is 4.59. The molecule has 31 heavy (non-hydrogen) atoms. The first-order valence-electron chi connectivity index (χ1n) is 9.98. The number of anilines is 3. The highest BCUT2D eigenvalue weighted by atomic mass is 16.1. The van der Waals surface area contributed by atoms with Crippen molar-refractivity contribution in [3.8, 4) is 17.3 Å². The van der Waals surface area contributed by atoms with Crippen molar-refractivity contribution < 1.29 is 4.79 Å². The van der Waals surface area contributed by atoms with Gasteiger partial charge in [0.15, 0.2) is 5.69 Å². The van der Waals surface area contributed by atoms with E-state index in [1.165, 1.54) is 6.20 Å². The second-order valence-corrected chi connectivity index (χ2v) is 7.74. The lowest BCUT2D eigenvalue weighted by molar-refractivity contribution is -0.119. The molecule has 3 aromatic heterocycles. The van der Waals surface area contributed by atoms with Crippen molar-refractivity contribution in [2.24, 2.45) is 11.7 Å². The molecule has 3 heterocycles. The number of pyridine rings is 3. The number of nitrogens with zero attached hydrogens (tertiary/aromatic N) is 4. The number of rotatable bonds is 8. The Morgan fingerprint density at radius 2 is 1.97 bits per heavy atom. The van der Waals surface area contributed by atoms with Crippen LogP contribution in [0.25, 0.3) is 11.3 Å². The van der Waals surface area contributed by atoms with E-state index in [0.29, 0.717) is 23.6 Å². The summed E-state index contributed by atoms with van der Waals surface area (Å²) in [5, 5.41) is 15.8. The molecular formula is C23H25N7O. The molecule has 4 N–H and O–H groups in total. The maximum Gasteiger partial charge on any atom is 0.239 e. The molecule has 0 aliphatic heterocycles. The van der Waals surface area contributed by atoms with E-state index in [0.717, 1.165) is 16.8 Å². The second kappa shape index (κ2) is 9.67. The van der Waals surface area contributed by atoms with Crippen LogP contribution in [0.1, 0.15) is 31.5 Å². The van der Waals surface area contributed by atoms with Crippen molar-refractivity contribution in [2.75, 3.05) is 10.6 Å². The van der Waals surface area contributed by atoms with E-state index in [4.69, 9.17) is 5.73 Å². The van der Waals surface area contributed by atoms with E-state index in [-0.39, 0.29) is 11.6 Å². The average molecular weight is 416 g/mol. The monoisotopic (exact) mass is 415 g/mol. The fourth-order valence-electron chi connectivity index (χ4n) is 3.19. The van der Waals surface area contributed by atoms with Gasteiger partial charge in [-0.3, -0.25) is 9.78 Å². The zero-order valence-electron chi connectivity index (χ0n) is 17.8. The maximum absolute atomic E-state index is 11.8. The summed E-state index contributed by atoms with van der Waals surface area (Å²) < 4.78 is 0. The Kier molecular flexibility index (Phi) is 6.78. The third kappa shape index (κ3) is 5.76. The minimum Gasteiger partial charge on any atom is -0.372 e. The van der Waals surface area contributed by atoms with Crippen LogP contribution in [0.15, 0.2) is 48.9 Å². The van der Waals surface area contributed by atoms with E-state index >= 15 is 0 Å². The van der Waals surface area contributed by atoms with Crippen molar-refractivity contribution >= 4 is 23.1 Å². The Balaban J connectivity index is 1.91. The Bertz CT molecular complexity index is 1110. The van der Waals surface area contributed by atoms with Gasteiger partial charge in [0.05, 0.1) is 23.3 Å². The van der Waals surface area contributed by atoms with Gasteiger partial charge in [0.25, 0.3) is 0 Å². The van der Waals surface area contributed by atoms with Gasteiger partial charge in [0.1, 0.15) is 17.9 Å².